The summed E-state index contributed by atoms with van der Waals surface area (Å²) in [6, 6.07) is 4.02. The Kier molecular flexibility index (Phi) is 4.21. The van der Waals surface area contributed by atoms with Crippen LogP contribution in [0.1, 0.15) is 10.4 Å². The normalized spacial score (nSPS) is 11.3. The van der Waals surface area contributed by atoms with Gasteiger partial charge in [-0.3, -0.25) is 4.79 Å². The van der Waals surface area contributed by atoms with E-state index in [1.807, 2.05) is 0 Å². The predicted molar refractivity (Wildman–Crippen MR) is 55.9 cm³/mol. The van der Waals surface area contributed by atoms with Crippen LogP contribution in [0, 0.1) is 0 Å². The largest absolute Gasteiger partial charge is 0.483 e. The molecule has 7 heteroatoms. The van der Waals surface area contributed by atoms with Crippen molar-refractivity contribution in [3.8, 4) is 5.75 Å². The van der Waals surface area contributed by atoms with Crippen LogP contribution in [0.15, 0.2) is 22.7 Å². The third kappa shape index (κ3) is 4.02. The lowest BCUT2D eigenvalue weighted by atomic mass is 10.2. The van der Waals surface area contributed by atoms with Crippen molar-refractivity contribution in [2.45, 2.75) is 6.18 Å². The number of hydrogen-bond acceptors (Lipinski definition) is 2. The topological polar surface area (TPSA) is 26.3 Å². The van der Waals surface area contributed by atoms with Gasteiger partial charge in [-0.25, -0.2) is 0 Å². The number of rotatable bonds is 3. The molecule has 0 amide bonds. The summed E-state index contributed by atoms with van der Waals surface area (Å²) in [6.07, 6.45) is -4.46. The van der Waals surface area contributed by atoms with Crippen molar-refractivity contribution in [1.29, 1.82) is 0 Å². The van der Waals surface area contributed by atoms with Crippen LogP contribution in [0.3, 0.4) is 0 Å². The molecule has 1 aromatic rings. The van der Waals surface area contributed by atoms with Gasteiger partial charge in [0.15, 0.2) is 6.61 Å². The fraction of sp³-hybridized carbons (Fsp3) is 0.222. The molecule has 88 valence electrons. The van der Waals surface area contributed by atoms with Gasteiger partial charge in [0.05, 0.1) is 5.56 Å². The number of carbonyl (C=O) groups is 1. The number of benzene rings is 1. The predicted octanol–water partition coefficient (Wildman–Crippen LogP) is 3.77. The van der Waals surface area contributed by atoms with E-state index in [-0.39, 0.29) is 11.3 Å². The van der Waals surface area contributed by atoms with Gasteiger partial charge in [0, 0.05) is 4.47 Å². The standard InChI is InChI=1S/C9H5BrClF3O2/c10-5-1-2-6(8(11)15)7(3-5)16-4-9(12,13)14/h1-3H,4H2. The molecule has 0 aliphatic carbocycles. The number of alkyl halides is 3. The van der Waals surface area contributed by atoms with E-state index in [4.69, 9.17) is 11.6 Å². The Morgan fingerprint density at radius 1 is 1.44 bits per heavy atom. The summed E-state index contributed by atoms with van der Waals surface area (Å²) in [5, 5.41) is -0.871. The van der Waals surface area contributed by atoms with Crippen LogP contribution >= 0.6 is 27.5 Å². The first kappa shape index (κ1) is 13.3. The summed E-state index contributed by atoms with van der Waals surface area (Å²) in [5.74, 6) is -0.202. The van der Waals surface area contributed by atoms with E-state index in [2.05, 4.69) is 20.7 Å². The zero-order valence-corrected chi connectivity index (χ0v) is 9.99. The molecular formula is C9H5BrClF3O2. The molecule has 0 atom stereocenters. The number of halogens is 5. The van der Waals surface area contributed by atoms with Crippen molar-refractivity contribution >= 4 is 32.8 Å². The Morgan fingerprint density at radius 3 is 2.56 bits per heavy atom. The summed E-state index contributed by atoms with van der Waals surface area (Å²) in [7, 11) is 0. The molecular weight excluding hydrogens is 312 g/mol. The van der Waals surface area contributed by atoms with Gasteiger partial charge in [0.2, 0.25) is 0 Å². The van der Waals surface area contributed by atoms with Gasteiger partial charge < -0.3 is 4.74 Å². The highest BCUT2D eigenvalue weighted by molar-refractivity contribution is 9.10. The average Bonchev–Trinajstić information content (AvgIpc) is 2.13. The van der Waals surface area contributed by atoms with E-state index in [9.17, 15) is 18.0 Å². The lowest BCUT2D eigenvalue weighted by Gasteiger charge is -2.11. The van der Waals surface area contributed by atoms with Gasteiger partial charge in [-0.15, -0.1) is 0 Å². The number of carbonyl (C=O) groups excluding carboxylic acids is 1. The Balaban J connectivity index is 2.93. The molecule has 0 aliphatic heterocycles. The molecule has 0 fully saturated rings. The Labute approximate surface area is 102 Å². The highest BCUT2D eigenvalue weighted by Gasteiger charge is 2.29. The molecule has 0 saturated heterocycles. The van der Waals surface area contributed by atoms with Crippen molar-refractivity contribution in [3.05, 3.63) is 28.2 Å². The van der Waals surface area contributed by atoms with Crippen molar-refractivity contribution in [2.75, 3.05) is 6.61 Å². The first-order valence-corrected chi connectivity index (χ1v) is 5.15. The third-order valence-electron chi connectivity index (χ3n) is 1.55. The highest BCUT2D eigenvalue weighted by atomic mass is 79.9. The zero-order valence-electron chi connectivity index (χ0n) is 7.65. The maximum Gasteiger partial charge on any atom is 0.422 e. The number of ether oxygens (including phenoxy) is 1. The van der Waals surface area contributed by atoms with E-state index in [1.54, 1.807) is 0 Å². The molecule has 0 spiro atoms. The fourth-order valence-electron chi connectivity index (χ4n) is 0.938. The van der Waals surface area contributed by atoms with Gasteiger partial charge in [0.1, 0.15) is 5.75 Å². The van der Waals surface area contributed by atoms with Gasteiger partial charge >= 0.3 is 6.18 Å². The maximum absolute atomic E-state index is 11.9. The van der Waals surface area contributed by atoms with Gasteiger partial charge in [-0.2, -0.15) is 13.2 Å². The van der Waals surface area contributed by atoms with E-state index >= 15 is 0 Å². The molecule has 0 bridgehead atoms. The molecule has 0 radical (unpaired) electrons. The van der Waals surface area contributed by atoms with Crippen LogP contribution in [0.5, 0.6) is 5.75 Å². The van der Waals surface area contributed by atoms with E-state index in [0.29, 0.717) is 4.47 Å². The summed E-state index contributed by atoms with van der Waals surface area (Å²) >= 11 is 8.25. The Morgan fingerprint density at radius 2 is 2.06 bits per heavy atom. The molecule has 0 aromatic heterocycles. The monoisotopic (exact) mass is 316 g/mol. The van der Waals surface area contributed by atoms with Crippen LogP contribution in [-0.2, 0) is 0 Å². The summed E-state index contributed by atoms with van der Waals surface area (Å²) < 4.78 is 40.7. The Bertz CT molecular complexity index is 406. The van der Waals surface area contributed by atoms with Crippen LogP contribution in [-0.4, -0.2) is 18.0 Å². The number of hydrogen-bond donors (Lipinski definition) is 0. The molecule has 16 heavy (non-hydrogen) atoms. The second-order valence-electron chi connectivity index (χ2n) is 2.82. The molecule has 2 nitrogen and oxygen atoms in total. The molecule has 0 saturated carbocycles. The molecule has 1 rings (SSSR count). The molecule has 0 heterocycles. The minimum atomic E-state index is -4.46. The van der Waals surface area contributed by atoms with Crippen molar-refractivity contribution < 1.29 is 22.7 Å². The molecule has 0 aliphatic rings. The smallest absolute Gasteiger partial charge is 0.422 e. The van der Waals surface area contributed by atoms with Gasteiger partial charge in [-0.1, -0.05) is 15.9 Å². The van der Waals surface area contributed by atoms with Crippen molar-refractivity contribution in [2.24, 2.45) is 0 Å². The molecule has 1 aromatic carbocycles. The quantitative estimate of drug-likeness (QED) is 0.793. The van der Waals surface area contributed by atoms with Gasteiger partial charge in [-0.05, 0) is 29.8 Å². The lowest BCUT2D eigenvalue weighted by Crippen LogP contribution is -2.20. The van der Waals surface area contributed by atoms with E-state index in [1.165, 1.54) is 18.2 Å². The second-order valence-corrected chi connectivity index (χ2v) is 4.08. The zero-order chi connectivity index (χ0) is 12.3. The minimum absolute atomic E-state index is 0.103. The van der Waals surface area contributed by atoms with E-state index < -0.39 is 18.0 Å². The minimum Gasteiger partial charge on any atom is -0.483 e. The van der Waals surface area contributed by atoms with Crippen LogP contribution in [0.25, 0.3) is 0 Å². The first-order chi connectivity index (χ1) is 7.29. The van der Waals surface area contributed by atoms with E-state index in [0.717, 1.165) is 0 Å². The second kappa shape index (κ2) is 5.05. The first-order valence-electron chi connectivity index (χ1n) is 3.98. The van der Waals surface area contributed by atoms with Crippen LogP contribution < -0.4 is 4.74 Å². The van der Waals surface area contributed by atoms with Crippen molar-refractivity contribution in [3.63, 3.8) is 0 Å². The Hall–Kier alpha value is -0.750. The van der Waals surface area contributed by atoms with Gasteiger partial charge in [0.25, 0.3) is 5.24 Å². The summed E-state index contributed by atoms with van der Waals surface area (Å²) in [6.45, 7) is -1.47. The lowest BCUT2D eigenvalue weighted by molar-refractivity contribution is -0.153. The summed E-state index contributed by atoms with van der Waals surface area (Å²) in [4.78, 5) is 10.9. The fourth-order valence-corrected chi connectivity index (χ4v) is 1.43. The average molecular weight is 317 g/mol. The third-order valence-corrected chi connectivity index (χ3v) is 2.24. The summed E-state index contributed by atoms with van der Waals surface area (Å²) in [5.41, 5.74) is -0.103. The maximum atomic E-state index is 11.9. The SMILES string of the molecule is O=C(Cl)c1ccc(Br)cc1OCC(F)(F)F. The van der Waals surface area contributed by atoms with Crippen LogP contribution in [0.2, 0.25) is 0 Å². The highest BCUT2D eigenvalue weighted by Crippen LogP contribution is 2.27. The molecule has 0 unspecified atom stereocenters. The van der Waals surface area contributed by atoms with Crippen LogP contribution in [0.4, 0.5) is 13.2 Å². The van der Waals surface area contributed by atoms with Crippen molar-refractivity contribution in [1.82, 2.24) is 0 Å². The molecule has 0 N–H and O–H groups in total.